The largest absolute Gasteiger partial charge is 0.461 e. The van der Waals surface area contributed by atoms with Gasteiger partial charge in [0.1, 0.15) is 0 Å². The Bertz CT molecular complexity index is 612. The smallest absolute Gasteiger partial charge is 0.362 e. The summed E-state index contributed by atoms with van der Waals surface area (Å²) >= 11 is 0. The number of anilines is 1. The Balaban J connectivity index is 2.42. The average molecular weight is 288 g/mol. The summed E-state index contributed by atoms with van der Waals surface area (Å²) in [4.78, 5) is 16.3. The van der Waals surface area contributed by atoms with Crippen LogP contribution in [0.3, 0.4) is 0 Å². The van der Waals surface area contributed by atoms with Crippen LogP contribution in [-0.4, -0.2) is 23.1 Å². The topological polar surface area (TPSA) is 64.4 Å². The van der Waals surface area contributed by atoms with E-state index in [-0.39, 0.29) is 11.2 Å². The van der Waals surface area contributed by atoms with E-state index in [1.54, 1.807) is 6.92 Å². The normalized spacial score (nSPS) is 11.2. The number of nitrogens with zero attached hydrogens (tertiary/aromatic N) is 1. The molecule has 21 heavy (non-hydrogen) atoms. The second kappa shape index (κ2) is 5.99. The van der Waals surface area contributed by atoms with Crippen molar-refractivity contribution in [2.24, 2.45) is 0 Å². The lowest BCUT2D eigenvalue weighted by atomic mass is 10.1. The molecule has 1 aromatic carbocycles. The van der Waals surface area contributed by atoms with Gasteiger partial charge in [-0.2, -0.15) is 4.98 Å². The molecule has 5 heteroatoms. The third kappa shape index (κ3) is 3.84. The summed E-state index contributed by atoms with van der Waals surface area (Å²) in [7, 11) is 0. The Morgan fingerprint density at radius 1 is 1.29 bits per heavy atom. The van der Waals surface area contributed by atoms with Gasteiger partial charge in [0.25, 0.3) is 0 Å². The molecule has 0 saturated heterocycles. The molecule has 1 N–H and O–H groups in total. The van der Waals surface area contributed by atoms with E-state index in [4.69, 9.17) is 9.15 Å². The first-order valence-corrected chi connectivity index (χ1v) is 6.92. The minimum Gasteiger partial charge on any atom is -0.461 e. The van der Waals surface area contributed by atoms with Crippen molar-refractivity contribution in [3.63, 3.8) is 0 Å². The maximum absolute atomic E-state index is 12.0. The molecule has 2 aromatic rings. The van der Waals surface area contributed by atoms with Gasteiger partial charge in [0.2, 0.25) is 17.5 Å². The van der Waals surface area contributed by atoms with Crippen LogP contribution in [0.1, 0.15) is 38.2 Å². The van der Waals surface area contributed by atoms with Crippen LogP contribution < -0.4 is 5.32 Å². The zero-order valence-corrected chi connectivity index (χ0v) is 12.8. The average Bonchev–Trinajstić information content (AvgIpc) is 2.82. The molecule has 1 heterocycles. The van der Waals surface area contributed by atoms with Gasteiger partial charge in [-0.1, -0.05) is 18.2 Å². The SMILES string of the molecule is CCOC(=O)c1nc(-c2ccccc2)oc1NC(C)(C)C. The number of benzene rings is 1. The maximum atomic E-state index is 12.0. The van der Waals surface area contributed by atoms with E-state index in [9.17, 15) is 4.79 Å². The number of nitrogens with one attached hydrogen (secondary N) is 1. The first-order chi connectivity index (χ1) is 9.90. The van der Waals surface area contributed by atoms with Crippen molar-refractivity contribution in [1.29, 1.82) is 0 Å². The van der Waals surface area contributed by atoms with Crippen molar-refractivity contribution in [1.82, 2.24) is 4.98 Å². The Kier molecular flexibility index (Phi) is 4.31. The van der Waals surface area contributed by atoms with E-state index in [1.165, 1.54) is 0 Å². The summed E-state index contributed by atoms with van der Waals surface area (Å²) in [6.07, 6.45) is 0. The van der Waals surface area contributed by atoms with E-state index in [1.807, 2.05) is 51.1 Å². The highest BCUT2D eigenvalue weighted by molar-refractivity contribution is 5.93. The monoisotopic (exact) mass is 288 g/mol. The third-order valence-electron chi connectivity index (χ3n) is 2.61. The number of hydrogen-bond donors (Lipinski definition) is 1. The Morgan fingerprint density at radius 2 is 1.95 bits per heavy atom. The molecule has 0 aliphatic rings. The predicted molar refractivity (Wildman–Crippen MR) is 81.3 cm³/mol. The number of oxazole rings is 1. The van der Waals surface area contributed by atoms with Gasteiger partial charge in [-0.05, 0) is 39.8 Å². The fraction of sp³-hybridized carbons (Fsp3) is 0.375. The van der Waals surface area contributed by atoms with Gasteiger partial charge in [0.15, 0.2) is 0 Å². The zero-order chi connectivity index (χ0) is 15.5. The molecule has 0 atom stereocenters. The van der Waals surface area contributed by atoms with Crippen molar-refractivity contribution >= 4 is 11.9 Å². The first kappa shape index (κ1) is 15.1. The molecule has 0 aliphatic heterocycles. The third-order valence-corrected chi connectivity index (χ3v) is 2.61. The molecular formula is C16H20N2O3. The standard InChI is InChI=1S/C16H20N2O3/c1-5-20-15(19)12-14(18-16(2,3)4)21-13(17-12)11-9-7-6-8-10-11/h6-10,18H,5H2,1-4H3. The van der Waals surface area contributed by atoms with Crippen LogP contribution >= 0.6 is 0 Å². The maximum Gasteiger partial charge on any atom is 0.362 e. The van der Waals surface area contributed by atoms with Crippen molar-refractivity contribution in [3.05, 3.63) is 36.0 Å². The number of carbonyl (C=O) groups excluding carboxylic acids is 1. The number of rotatable bonds is 4. The molecule has 112 valence electrons. The van der Waals surface area contributed by atoms with Crippen molar-refractivity contribution in [2.45, 2.75) is 33.2 Å². The van der Waals surface area contributed by atoms with Gasteiger partial charge < -0.3 is 14.5 Å². The summed E-state index contributed by atoms with van der Waals surface area (Å²) < 4.78 is 10.8. The van der Waals surface area contributed by atoms with E-state index < -0.39 is 5.97 Å². The number of ether oxygens (including phenoxy) is 1. The molecule has 2 rings (SSSR count). The van der Waals surface area contributed by atoms with Crippen molar-refractivity contribution in [3.8, 4) is 11.5 Å². The molecule has 5 nitrogen and oxygen atoms in total. The van der Waals surface area contributed by atoms with Crippen LogP contribution in [0.25, 0.3) is 11.5 Å². The molecule has 0 amide bonds. The molecule has 0 unspecified atom stereocenters. The van der Waals surface area contributed by atoms with E-state index in [2.05, 4.69) is 10.3 Å². The quantitative estimate of drug-likeness (QED) is 0.868. The highest BCUT2D eigenvalue weighted by Gasteiger charge is 2.25. The van der Waals surface area contributed by atoms with Crippen molar-refractivity contribution < 1.29 is 13.9 Å². The van der Waals surface area contributed by atoms with Gasteiger partial charge >= 0.3 is 5.97 Å². The van der Waals surface area contributed by atoms with E-state index >= 15 is 0 Å². The Labute approximate surface area is 124 Å². The highest BCUT2D eigenvalue weighted by atomic mass is 16.5. The summed E-state index contributed by atoms with van der Waals surface area (Å²) in [5.74, 6) is 0.236. The van der Waals surface area contributed by atoms with Crippen LogP contribution in [0.4, 0.5) is 5.88 Å². The van der Waals surface area contributed by atoms with Crippen LogP contribution in [0.15, 0.2) is 34.7 Å². The summed E-state index contributed by atoms with van der Waals surface area (Å²) in [5, 5.41) is 3.15. The molecule has 0 aliphatic carbocycles. The van der Waals surface area contributed by atoms with Gasteiger partial charge in [0.05, 0.1) is 6.61 Å². The Hall–Kier alpha value is -2.30. The van der Waals surface area contributed by atoms with Crippen LogP contribution in [0.2, 0.25) is 0 Å². The lowest BCUT2D eigenvalue weighted by molar-refractivity contribution is 0.0521. The molecule has 0 saturated carbocycles. The highest BCUT2D eigenvalue weighted by Crippen LogP contribution is 2.28. The van der Waals surface area contributed by atoms with E-state index in [0.29, 0.717) is 18.4 Å². The second-order valence-corrected chi connectivity index (χ2v) is 5.66. The lowest BCUT2D eigenvalue weighted by Crippen LogP contribution is -2.27. The first-order valence-electron chi connectivity index (χ1n) is 6.92. The number of hydrogen-bond acceptors (Lipinski definition) is 5. The Morgan fingerprint density at radius 3 is 2.52 bits per heavy atom. The van der Waals surface area contributed by atoms with Gasteiger partial charge in [0, 0.05) is 11.1 Å². The summed E-state index contributed by atoms with van der Waals surface area (Å²) in [5.41, 5.74) is 0.727. The van der Waals surface area contributed by atoms with Gasteiger partial charge in [-0.25, -0.2) is 4.79 Å². The molecule has 1 aromatic heterocycles. The van der Waals surface area contributed by atoms with Gasteiger partial charge in [-0.3, -0.25) is 0 Å². The van der Waals surface area contributed by atoms with Crippen LogP contribution in [0.5, 0.6) is 0 Å². The molecule has 0 fully saturated rings. The number of carbonyl (C=O) groups is 1. The minimum absolute atomic E-state index is 0.172. The predicted octanol–water partition coefficient (Wildman–Crippen LogP) is 3.73. The lowest BCUT2D eigenvalue weighted by Gasteiger charge is -2.19. The van der Waals surface area contributed by atoms with Crippen LogP contribution in [0, 0.1) is 0 Å². The van der Waals surface area contributed by atoms with E-state index in [0.717, 1.165) is 5.56 Å². The number of aromatic nitrogens is 1. The second-order valence-electron chi connectivity index (χ2n) is 5.66. The summed E-state index contributed by atoms with van der Waals surface area (Å²) in [6, 6.07) is 9.44. The number of esters is 1. The van der Waals surface area contributed by atoms with Gasteiger partial charge in [-0.15, -0.1) is 0 Å². The molecular weight excluding hydrogens is 268 g/mol. The zero-order valence-electron chi connectivity index (χ0n) is 12.8. The fourth-order valence-corrected chi connectivity index (χ4v) is 1.79. The minimum atomic E-state index is -0.491. The van der Waals surface area contributed by atoms with Crippen LogP contribution in [-0.2, 0) is 4.74 Å². The molecule has 0 radical (unpaired) electrons. The van der Waals surface area contributed by atoms with Crippen molar-refractivity contribution in [2.75, 3.05) is 11.9 Å². The molecule has 0 spiro atoms. The summed E-state index contributed by atoms with van der Waals surface area (Å²) in [6.45, 7) is 7.99. The fourth-order valence-electron chi connectivity index (χ4n) is 1.79. The molecule has 0 bridgehead atoms.